The maximum atomic E-state index is 13.1. The van der Waals surface area contributed by atoms with E-state index in [4.69, 9.17) is 5.26 Å². The first-order valence-corrected chi connectivity index (χ1v) is 10.3. The minimum absolute atomic E-state index is 0.00869. The SMILES string of the molecule is CCCN(CC(=O)N(Cc1cccn1C)CC(C)C)C(=O)Nc1cccc(C#N)c1. The van der Waals surface area contributed by atoms with E-state index in [1.807, 2.05) is 41.8 Å². The van der Waals surface area contributed by atoms with Gasteiger partial charge in [-0.25, -0.2) is 4.79 Å². The summed E-state index contributed by atoms with van der Waals surface area (Å²) in [5, 5.41) is 11.8. The number of amides is 3. The molecule has 0 saturated heterocycles. The quantitative estimate of drug-likeness (QED) is 0.683. The van der Waals surface area contributed by atoms with Gasteiger partial charge in [0.15, 0.2) is 0 Å². The molecule has 30 heavy (non-hydrogen) atoms. The maximum absolute atomic E-state index is 13.1. The fourth-order valence-corrected chi connectivity index (χ4v) is 3.21. The van der Waals surface area contributed by atoms with Gasteiger partial charge in [0.2, 0.25) is 5.91 Å². The van der Waals surface area contributed by atoms with Gasteiger partial charge in [-0.2, -0.15) is 5.26 Å². The second-order valence-electron chi connectivity index (χ2n) is 7.82. The van der Waals surface area contributed by atoms with Crippen LogP contribution in [0.1, 0.15) is 38.4 Å². The Morgan fingerprint density at radius 2 is 1.97 bits per heavy atom. The molecule has 1 N–H and O–H groups in total. The number of aromatic nitrogens is 1. The number of hydrogen-bond acceptors (Lipinski definition) is 3. The first-order chi connectivity index (χ1) is 14.3. The first-order valence-electron chi connectivity index (χ1n) is 10.3. The topological polar surface area (TPSA) is 81.4 Å². The minimum atomic E-state index is -0.344. The Balaban J connectivity index is 2.11. The second kappa shape index (κ2) is 11.1. The van der Waals surface area contributed by atoms with E-state index in [-0.39, 0.29) is 18.5 Å². The van der Waals surface area contributed by atoms with Gasteiger partial charge in [0.1, 0.15) is 6.54 Å². The van der Waals surface area contributed by atoms with Crippen molar-refractivity contribution in [1.29, 1.82) is 5.26 Å². The molecule has 7 heteroatoms. The summed E-state index contributed by atoms with van der Waals surface area (Å²) in [7, 11) is 1.96. The number of nitrogens with zero attached hydrogens (tertiary/aromatic N) is 4. The predicted octanol–water partition coefficient (Wildman–Crippen LogP) is 3.83. The molecule has 160 valence electrons. The zero-order chi connectivity index (χ0) is 22.1. The van der Waals surface area contributed by atoms with Crippen LogP contribution in [0.25, 0.3) is 0 Å². The molecule has 0 atom stereocenters. The third kappa shape index (κ3) is 6.66. The number of carbonyl (C=O) groups excluding carboxylic acids is 2. The number of carbonyl (C=O) groups is 2. The normalized spacial score (nSPS) is 10.5. The molecule has 0 saturated carbocycles. The summed E-state index contributed by atoms with van der Waals surface area (Å²) in [6.45, 7) is 7.72. The number of rotatable bonds is 9. The lowest BCUT2D eigenvalue weighted by Gasteiger charge is -2.29. The highest BCUT2D eigenvalue weighted by molar-refractivity contribution is 5.92. The van der Waals surface area contributed by atoms with Crippen LogP contribution < -0.4 is 5.32 Å². The van der Waals surface area contributed by atoms with Gasteiger partial charge in [0, 0.05) is 37.7 Å². The van der Waals surface area contributed by atoms with Crippen LogP contribution in [-0.2, 0) is 18.4 Å². The Kier molecular flexibility index (Phi) is 8.48. The van der Waals surface area contributed by atoms with Crippen LogP contribution in [0.4, 0.5) is 10.5 Å². The molecule has 1 aromatic carbocycles. The van der Waals surface area contributed by atoms with E-state index in [0.717, 1.165) is 12.1 Å². The van der Waals surface area contributed by atoms with Gasteiger partial charge in [0.05, 0.1) is 18.2 Å². The van der Waals surface area contributed by atoms with Crippen LogP contribution in [0.3, 0.4) is 0 Å². The van der Waals surface area contributed by atoms with Crippen molar-refractivity contribution in [1.82, 2.24) is 14.4 Å². The molecule has 0 bridgehead atoms. The molecule has 2 rings (SSSR count). The summed E-state index contributed by atoms with van der Waals surface area (Å²) >= 11 is 0. The Labute approximate surface area is 178 Å². The van der Waals surface area contributed by atoms with Gasteiger partial charge in [-0.1, -0.05) is 26.8 Å². The van der Waals surface area contributed by atoms with Crippen molar-refractivity contribution in [2.45, 2.75) is 33.7 Å². The Morgan fingerprint density at radius 3 is 2.57 bits per heavy atom. The van der Waals surface area contributed by atoms with E-state index in [1.165, 1.54) is 4.90 Å². The van der Waals surface area contributed by atoms with E-state index in [0.29, 0.717) is 36.8 Å². The van der Waals surface area contributed by atoms with Gasteiger partial charge >= 0.3 is 6.03 Å². The van der Waals surface area contributed by atoms with Crippen LogP contribution in [-0.4, -0.2) is 45.9 Å². The van der Waals surface area contributed by atoms with Crippen molar-refractivity contribution in [3.8, 4) is 6.07 Å². The summed E-state index contributed by atoms with van der Waals surface area (Å²) in [6.07, 6.45) is 2.69. The largest absolute Gasteiger partial charge is 0.353 e. The predicted molar refractivity (Wildman–Crippen MR) is 118 cm³/mol. The van der Waals surface area contributed by atoms with Crippen LogP contribution in [0, 0.1) is 17.2 Å². The molecule has 3 amide bonds. The molecule has 1 heterocycles. The molecular formula is C23H31N5O2. The number of nitriles is 1. The Bertz CT molecular complexity index is 897. The molecule has 0 unspecified atom stereocenters. The Morgan fingerprint density at radius 1 is 1.20 bits per heavy atom. The van der Waals surface area contributed by atoms with Crippen LogP contribution in [0.15, 0.2) is 42.6 Å². The number of urea groups is 1. The number of anilines is 1. The minimum Gasteiger partial charge on any atom is -0.353 e. The molecule has 0 fully saturated rings. The van der Waals surface area contributed by atoms with Crippen molar-refractivity contribution in [2.24, 2.45) is 13.0 Å². The van der Waals surface area contributed by atoms with Gasteiger partial charge < -0.3 is 19.7 Å². The van der Waals surface area contributed by atoms with E-state index in [2.05, 4.69) is 25.2 Å². The van der Waals surface area contributed by atoms with Crippen molar-refractivity contribution in [3.63, 3.8) is 0 Å². The molecule has 0 aliphatic heterocycles. The summed E-state index contributed by atoms with van der Waals surface area (Å²) in [4.78, 5) is 29.3. The average Bonchev–Trinajstić information content (AvgIpc) is 3.11. The van der Waals surface area contributed by atoms with Crippen molar-refractivity contribution in [3.05, 3.63) is 53.9 Å². The highest BCUT2D eigenvalue weighted by atomic mass is 16.2. The van der Waals surface area contributed by atoms with Gasteiger partial charge in [0.25, 0.3) is 0 Å². The molecule has 0 aliphatic rings. The number of aryl methyl sites for hydroxylation is 1. The lowest BCUT2D eigenvalue weighted by Crippen LogP contribution is -2.45. The third-order valence-electron chi connectivity index (χ3n) is 4.69. The summed E-state index contributed by atoms with van der Waals surface area (Å²) < 4.78 is 2.00. The molecule has 0 aliphatic carbocycles. The first kappa shape index (κ1) is 23.0. The smallest absolute Gasteiger partial charge is 0.322 e. The summed E-state index contributed by atoms with van der Waals surface area (Å²) in [6, 6.07) is 12.4. The summed E-state index contributed by atoms with van der Waals surface area (Å²) in [5.41, 5.74) is 2.05. The number of hydrogen-bond donors (Lipinski definition) is 1. The van der Waals surface area contributed by atoms with Crippen molar-refractivity contribution >= 4 is 17.6 Å². The molecule has 2 aromatic rings. The van der Waals surface area contributed by atoms with E-state index in [9.17, 15) is 9.59 Å². The monoisotopic (exact) mass is 409 g/mol. The molecule has 7 nitrogen and oxygen atoms in total. The van der Waals surface area contributed by atoms with E-state index < -0.39 is 0 Å². The standard InChI is InChI=1S/C23H31N5O2/c1-5-11-27(23(30)25-20-9-6-8-19(13-20)14-24)17-22(29)28(15-18(2)3)16-21-10-7-12-26(21)4/h6-10,12-13,18H,5,11,15-17H2,1-4H3,(H,25,30). The maximum Gasteiger partial charge on any atom is 0.322 e. The third-order valence-corrected chi connectivity index (χ3v) is 4.69. The van der Waals surface area contributed by atoms with Gasteiger partial charge in [-0.05, 0) is 42.7 Å². The lowest BCUT2D eigenvalue weighted by molar-refractivity contribution is -0.133. The molecule has 0 radical (unpaired) electrons. The summed E-state index contributed by atoms with van der Waals surface area (Å²) in [5.74, 6) is 0.232. The van der Waals surface area contributed by atoms with E-state index in [1.54, 1.807) is 24.3 Å². The average molecular weight is 410 g/mol. The van der Waals surface area contributed by atoms with Crippen LogP contribution in [0.2, 0.25) is 0 Å². The Hall–Kier alpha value is -3.27. The highest BCUT2D eigenvalue weighted by Crippen LogP contribution is 2.13. The van der Waals surface area contributed by atoms with Gasteiger partial charge in [-0.15, -0.1) is 0 Å². The van der Waals surface area contributed by atoms with Gasteiger partial charge in [-0.3, -0.25) is 4.79 Å². The fraction of sp³-hybridized carbons (Fsp3) is 0.435. The second-order valence-corrected chi connectivity index (χ2v) is 7.82. The molecule has 1 aromatic heterocycles. The lowest BCUT2D eigenvalue weighted by atomic mass is 10.2. The van der Waals surface area contributed by atoms with Crippen LogP contribution in [0.5, 0.6) is 0 Å². The fourth-order valence-electron chi connectivity index (χ4n) is 3.21. The highest BCUT2D eigenvalue weighted by Gasteiger charge is 2.22. The van der Waals surface area contributed by atoms with Crippen molar-refractivity contribution in [2.75, 3.05) is 25.0 Å². The van der Waals surface area contributed by atoms with E-state index >= 15 is 0 Å². The van der Waals surface area contributed by atoms with Crippen LogP contribution >= 0.6 is 0 Å². The number of benzene rings is 1. The van der Waals surface area contributed by atoms with Crippen molar-refractivity contribution < 1.29 is 9.59 Å². The number of nitrogens with one attached hydrogen (secondary N) is 1. The molecule has 0 spiro atoms. The zero-order valence-corrected chi connectivity index (χ0v) is 18.3. The zero-order valence-electron chi connectivity index (χ0n) is 18.3. The molecular weight excluding hydrogens is 378 g/mol.